The largest absolute Gasteiger partial charge is 0.469 e. The lowest BCUT2D eigenvalue weighted by atomic mass is 9.55. The Labute approximate surface area is 175 Å². The van der Waals surface area contributed by atoms with E-state index in [-0.39, 0.29) is 12.2 Å². The number of methoxy groups -OCH3 is 1. The van der Waals surface area contributed by atoms with Crippen molar-refractivity contribution >= 4 is 33.2 Å². The van der Waals surface area contributed by atoms with Crippen LogP contribution in [0.15, 0.2) is 53.9 Å². The van der Waals surface area contributed by atoms with Crippen molar-refractivity contribution in [2.75, 3.05) is 7.11 Å². The van der Waals surface area contributed by atoms with E-state index in [2.05, 4.69) is 0 Å². The second kappa shape index (κ2) is 7.54. The lowest BCUT2D eigenvalue weighted by molar-refractivity contribution is -0.162. The van der Waals surface area contributed by atoms with Crippen LogP contribution >= 0.6 is 11.3 Å². The fourth-order valence-corrected chi connectivity index (χ4v) is 5.28. The Bertz CT molecular complexity index is 1120. The average Bonchev–Trinajstić information content (AvgIpc) is 3.14. The highest BCUT2D eigenvalue weighted by Gasteiger charge is 2.56. The molecule has 2 atom stereocenters. The van der Waals surface area contributed by atoms with Gasteiger partial charge >= 0.3 is 12.1 Å². The van der Waals surface area contributed by atoms with E-state index >= 15 is 0 Å². The molecule has 0 amide bonds. The molecule has 2 aromatic carbocycles. The molecule has 30 heavy (non-hydrogen) atoms. The Hall–Kier alpha value is -2.67. The molecule has 7 heteroatoms. The van der Waals surface area contributed by atoms with Crippen LogP contribution in [0.2, 0.25) is 0 Å². The van der Waals surface area contributed by atoms with Gasteiger partial charge in [0.1, 0.15) is 0 Å². The Morgan fingerprint density at radius 1 is 1.17 bits per heavy atom. The Balaban J connectivity index is 1.69. The molecule has 0 saturated heterocycles. The van der Waals surface area contributed by atoms with Crippen LogP contribution in [-0.4, -0.2) is 18.9 Å². The quantitative estimate of drug-likeness (QED) is 0.372. The number of fused-ring (bicyclic) bond motifs is 1. The zero-order valence-corrected chi connectivity index (χ0v) is 17.0. The Kier molecular flexibility index (Phi) is 5.18. The smallest absolute Gasteiger partial charge is 0.416 e. The summed E-state index contributed by atoms with van der Waals surface area (Å²) in [5.41, 5.74) is -1.01. The minimum Gasteiger partial charge on any atom is -0.469 e. The third-order valence-electron chi connectivity index (χ3n) is 5.97. The molecule has 0 bridgehead atoms. The number of halogens is 3. The van der Waals surface area contributed by atoms with Crippen molar-refractivity contribution in [3.63, 3.8) is 0 Å². The number of ether oxygens (including phenoxy) is 1. The minimum absolute atomic E-state index is 0.0298. The number of hydrogen-bond donors (Lipinski definition) is 0. The molecular weight excluding hydrogens is 413 g/mol. The molecule has 1 fully saturated rings. The lowest BCUT2D eigenvalue weighted by Crippen LogP contribution is -2.52. The number of esters is 1. The minimum atomic E-state index is -4.47. The van der Waals surface area contributed by atoms with Gasteiger partial charge in [0.2, 0.25) is 0 Å². The van der Waals surface area contributed by atoms with E-state index < -0.39 is 29.0 Å². The summed E-state index contributed by atoms with van der Waals surface area (Å²) in [6, 6.07) is 12.5. The van der Waals surface area contributed by atoms with Gasteiger partial charge in [-0.3, -0.25) is 9.59 Å². The van der Waals surface area contributed by atoms with Crippen LogP contribution in [0.5, 0.6) is 0 Å². The summed E-state index contributed by atoms with van der Waals surface area (Å²) in [6.45, 7) is 0. The average molecular weight is 432 g/mol. The zero-order chi connectivity index (χ0) is 21.5. The van der Waals surface area contributed by atoms with Crippen LogP contribution in [0.4, 0.5) is 13.2 Å². The van der Waals surface area contributed by atoms with Crippen LogP contribution < -0.4 is 0 Å². The van der Waals surface area contributed by atoms with Gasteiger partial charge in [-0.2, -0.15) is 13.2 Å². The lowest BCUT2D eigenvalue weighted by Gasteiger charge is -2.46. The first-order chi connectivity index (χ1) is 14.3. The highest BCUT2D eigenvalue weighted by molar-refractivity contribution is 7.17. The number of hydrogen-bond acceptors (Lipinski definition) is 4. The van der Waals surface area contributed by atoms with Crippen LogP contribution in [0, 0.1) is 11.3 Å². The molecule has 4 rings (SSSR count). The predicted octanol–water partition coefficient (Wildman–Crippen LogP) is 5.91. The maximum atomic E-state index is 13.4. The van der Waals surface area contributed by atoms with Crippen LogP contribution in [-0.2, 0) is 22.1 Å². The first kappa shape index (κ1) is 20.6. The highest BCUT2D eigenvalue weighted by atomic mass is 32.1. The molecule has 2 unspecified atom stereocenters. The molecule has 1 aromatic heterocycles. The number of carbonyl (C=O) groups excluding carboxylic acids is 2. The van der Waals surface area contributed by atoms with Gasteiger partial charge in [-0.05, 0) is 37.0 Å². The molecule has 3 aromatic rings. The van der Waals surface area contributed by atoms with E-state index in [0.29, 0.717) is 24.0 Å². The number of thiophene rings is 1. The normalized spacial score (nSPS) is 21.3. The molecule has 0 aliphatic heterocycles. The summed E-state index contributed by atoms with van der Waals surface area (Å²) in [5, 5.41) is 2.62. The fourth-order valence-electron chi connectivity index (χ4n) is 4.33. The van der Waals surface area contributed by atoms with E-state index in [1.54, 1.807) is 11.4 Å². The second-order valence-electron chi connectivity index (χ2n) is 7.62. The monoisotopic (exact) mass is 432 g/mol. The maximum absolute atomic E-state index is 13.4. The van der Waals surface area contributed by atoms with Gasteiger partial charge in [0, 0.05) is 26.9 Å². The number of alkyl halides is 3. The van der Waals surface area contributed by atoms with Crippen LogP contribution in [0.25, 0.3) is 10.1 Å². The van der Waals surface area contributed by atoms with Crippen molar-refractivity contribution in [2.45, 2.75) is 25.4 Å². The number of ketones is 1. The van der Waals surface area contributed by atoms with E-state index in [1.807, 2.05) is 24.3 Å². The molecule has 1 aliphatic carbocycles. The molecule has 156 valence electrons. The SMILES string of the molecule is COC(=O)C1(Cc2cccc(C(F)(F)F)c2)CCC1C(=O)c1csc2ccccc12. The third-order valence-corrected chi connectivity index (χ3v) is 6.94. The van der Waals surface area contributed by atoms with Crippen molar-refractivity contribution in [1.82, 2.24) is 0 Å². The van der Waals surface area contributed by atoms with Crippen LogP contribution in [0.1, 0.15) is 34.3 Å². The van der Waals surface area contributed by atoms with Crippen molar-refractivity contribution in [3.05, 3.63) is 70.6 Å². The summed E-state index contributed by atoms with van der Waals surface area (Å²) in [5.74, 6) is -1.34. The molecule has 1 heterocycles. The van der Waals surface area contributed by atoms with Gasteiger partial charge in [0.25, 0.3) is 0 Å². The predicted molar refractivity (Wildman–Crippen MR) is 108 cm³/mol. The molecule has 1 aliphatic rings. The van der Waals surface area contributed by atoms with Crippen molar-refractivity contribution in [1.29, 1.82) is 0 Å². The van der Waals surface area contributed by atoms with E-state index in [1.165, 1.54) is 24.5 Å². The summed E-state index contributed by atoms with van der Waals surface area (Å²) in [7, 11) is 1.25. The fraction of sp³-hybridized carbons (Fsp3) is 0.304. The van der Waals surface area contributed by atoms with Gasteiger partial charge < -0.3 is 4.74 Å². The molecule has 0 spiro atoms. The first-order valence-corrected chi connectivity index (χ1v) is 10.4. The first-order valence-electron chi connectivity index (χ1n) is 9.51. The van der Waals surface area contributed by atoms with E-state index in [0.717, 1.165) is 22.2 Å². The molecule has 0 N–H and O–H groups in total. The Morgan fingerprint density at radius 3 is 2.60 bits per heavy atom. The number of rotatable bonds is 5. The topological polar surface area (TPSA) is 43.4 Å². The molecule has 1 saturated carbocycles. The maximum Gasteiger partial charge on any atom is 0.416 e. The standard InChI is InChI=1S/C23H19F3O3S/c1-29-21(28)22(12-14-5-4-6-15(11-14)23(24,25)26)10-9-18(22)20(27)17-13-30-19-8-3-2-7-16(17)19/h2-8,11,13,18H,9-10,12H2,1H3. The van der Waals surface area contributed by atoms with Gasteiger partial charge in [-0.1, -0.05) is 36.4 Å². The number of carbonyl (C=O) groups is 2. The van der Waals surface area contributed by atoms with E-state index in [9.17, 15) is 22.8 Å². The molecular formula is C23H19F3O3S. The van der Waals surface area contributed by atoms with Crippen molar-refractivity contribution in [2.24, 2.45) is 11.3 Å². The molecule has 0 radical (unpaired) electrons. The third kappa shape index (κ3) is 3.41. The van der Waals surface area contributed by atoms with Crippen molar-refractivity contribution < 1.29 is 27.5 Å². The van der Waals surface area contributed by atoms with Gasteiger partial charge in [0.05, 0.1) is 18.1 Å². The summed E-state index contributed by atoms with van der Waals surface area (Å²) in [6.07, 6.45) is -3.55. The summed E-state index contributed by atoms with van der Waals surface area (Å²) in [4.78, 5) is 26.1. The van der Waals surface area contributed by atoms with Crippen molar-refractivity contribution in [3.8, 4) is 0 Å². The highest BCUT2D eigenvalue weighted by Crippen LogP contribution is 2.52. The zero-order valence-electron chi connectivity index (χ0n) is 16.2. The van der Waals surface area contributed by atoms with Gasteiger partial charge in [-0.15, -0.1) is 11.3 Å². The summed E-state index contributed by atoms with van der Waals surface area (Å²) >= 11 is 1.46. The van der Waals surface area contributed by atoms with E-state index in [4.69, 9.17) is 4.74 Å². The number of Topliss-reactive ketones (excluding diaryl/α,β-unsaturated/α-hetero) is 1. The Morgan fingerprint density at radius 2 is 1.93 bits per heavy atom. The van der Waals surface area contributed by atoms with Gasteiger partial charge in [-0.25, -0.2) is 0 Å². The molecule has 3 nitrogen and oxygen atoms in total. The second-order valence-corrected chi connectivity index (χ2v) is 8.53. The van der Waals surface area contributed by atoms with Gasteiger partial charge in [0.15, 0.2) is 5.78 Å². The summed E-state index contributed by atoms with van der Waals surface area (Å²) < 4.78 is 45.3. The number of benzene rings is 2. The van der Waals surface area contributed by atoms with Crippen LogP contribution in [0.3, 0.4) is 0 Å².